The molecular formula is C28H28ClN5O2S2. The predicted molar refractivity (Wildman–Crippen MR) is 154 cm³/mol. The van der Waals surface area contributed by atoms with Crippen LogP contribution in [0.25, 0.3) is 5.69 Å². The number of pyridine rings is 1. The molecule has 1 unspecified atom stereocenters. The highest BCUT2D eigenvalue weighted by Gasteiger charge is 2.40. The van der Waals surface area contributed by atoms with E-state index in [1.807, 2.05) is 35.7 Å². The highest BCUT2D eigenvalue weighted by atomic mass is 35.5. The largest absolute Gasteiger partial charge is 0.350 e. The van der Waals surface area contributed by atoms with Crippen LogP contribution in [0.1, 0.15) is 48.4 Å². The van der Waals surface area contributed by atoms with Crippen LogP contribution in [0.15, 0.2) is 65.6 Å². The molecule has 1 N–H and O–H groups in total. The summed E-state index contributed by atoms with van der Waals surface area (Å²) >= 11 is 9.57. The lowest BCUT2D eigenvalue weighted by Gasteiger charge is -2.24. The minimum Gasteiger partial charge on any atom is -0.350 e. The van der Waals surface area contributed by atoms with Crippen LogP contribution in [0.3, 0.4) is 0 Å². The molecule has 0 saturated heterocycles. The molecule has 0 radical (unpaired) electrons. The lowest BCUT2D eigenvalue weighted by Crippen LogP contribution is -2.42. The summed E-state index contributed by atoms with van der Waals surface area (Å²) in [6.45, 7) is 6.55. The van der Waals surface area contributed by atoms with Gasteiger partial charge in [-0.25, -0.2) is 4.68 Å². The number of benzene rings is 1. The number of rotatable bonds is 6. The van der Waals surface area contributed by atoms with E-state index in [-0.39, 0.29) is 34.8 Å². The Kier molecular flexibility index (Phi) is 7.61. The molecule has 196 valence electrons. The number of hydrogen-bond donors (Lipinski definition) is 1. The zero-order valence-electron chi connectivity index (χ0n) is 21.3. The second-order valence-corrected chi connectivity index (χ2v) is 12.4. The topological polar surface area (TPSA) is 80.1 Å². The van der Waals surface area contributed by atoms with Gasteiger partial charge in [-0.1, -0.05) is 44.5 Å². The van der Waals surface area contributed by atoms with Gasteiger partial charge in [0.1, 0.15) is 12.4 Å². The molecule has 7 nitrogen and oxygen atoms in total. The summed E-state index contributed by atoms with van der Waals surface area (Å²) in [6, 6.07) is 13.2. The van der Waals surface area contributed by atoms with Gasteiger partial charge in [0.05, 0.1) is 22.4 Å². The minimum absolute atomic E-state index is 0.106. The molecule has 5 rings (SSSR count). The van der Waals surface area contributed by atoms with Crippen LogP contribution in [0, 0.1) is 0 Å². The molecule has 38 heavy (non-hydrogen) atoms. The monoisotopic (exact) mass is 565 g/mol. The summed E-state index contributed by atoms with van der Waals surface area (Å²) in [5.74, 6) is 0.446. The molecule has 4 aromatic rings. The molecule has 2 amide bonds. The van der Waals surface area contributed by atoms with Gasteiger partial charge < -0.3 is 5.32 Å². The van der Waals surface area contributed by atoms with E-state index < -0.39 is 0 Å². The van der Waals surface area contributed by atoms with Crippen LogP contribution in [-0.4, -0.2) is 38.9 Å². The lowest BCUT2D eigenvalue weighted by atomic mass is 9.87. The molecule has 1 aromatic carbocycles. The van der Waals surface area contributed by atoms with Crippen LogP contribution in [0.5, 0.6) is 0 Å². The summed E-state index contributed by atoms with van der Waals surface area (Å²) in [5, 5.41) is 12.6. The summed E-state index contributed by atoms with van der Waals surface area (Å²) in [7, 11) is 0. The van der Waals surface area contributed by atoms with E-state index in [2.05, 4.69) is 42.5 Å². The number of carbonyl (C=O) groups excluding carboxylic acids is 2. The van der Waals surface area contributed by atoms with Crippen LogP contribution >= 0.6 is 34.7 Å². The Balaban J connectivity index is 1.63. The first kappa shape index (κ1) is 26.5. The highest BCUT2D eigenvalue weighted by molar-refractivity contribution is 8.00. The molecule has 0 aliphatic carbocycles. The third kappa shape index (κ3) is 5.50. The Labute approximate surface area is 235 Å². The second-order valence-electron chi connectivity index (χ2n) is 10.1. The van der Waals surface area contributed by atoms with Crippen molar-refractivity contribution >= 4 is 52.3 Å². The normalized spacial score (nSPS) is 15.7. The van der Waals surface area contributed by atoms with E-state index in [9.17, 15) is 9.59 Å². The fraction of sp³-hybridized carbons (Fsp3) is 0.286. The first-order valence-corrected chi connectivity index (χ1v) is 14.6. The summed E-state index contributed by atoms with van der Waals surface area (Å²) in [4.78, 5) is 32.5. The van der Waals surface area contributed by atoms with Crippen molar-refractivity contribution in [1.29, 1.82) is 0 Å². The molecule has 1 atom stereocenters. The van der Waals surface area contributed by atoms with E-state index in [0.29, 0.717) is 17.4 Å². The standard InChI is InChI=1S/C28H28ClN5O2S2/c1-28(2,3)26-24-25(19-9-11-37-16-19)38-17-23(36)33(15-22(35)31-14-18-6-5-10-30-13-18)27(24)34(32-26)21-8-4-7-20(29)12-21/h4-13,16,25H,14-15,17H2,1-3H3,(H,31,35). The Morgan fingerprint density at radius 3 is 2.74 bits per heavy atom. The van der Waals surface area contributed by atoms with Crippen molar-refractivity contribution in [1.82, 2.24) is 20.1 Å². The van der Waals surface area contributed by atoms with Crippen LogP contribution in [-0.2, 0) is 21.5 Å². The zero-order valence-corrected chi connectivity index (χ0v) is 23.7. The number of anilines is 1. The maximum absolute atomic E-state index is 13.7. The molecule has 4 heterocycles. The van der Waals surface area contributed by atoms with Crippen molar-refractivity contribution in [3.8, 4) is 5.69 Å². The smallest absolute Gasteiger partial charge is 0.240 e. The maximum Gasteiger partial charge on any atom is 0.240 e. The van der Waals surface area contributed by atoms with Gasteiger partial charge in [0.15, 0.2) is 0 Å². The molecule has 3 aromatic heterocycles. The molecule has 0 fully saturated rings. The number of fused-ring (bicyclic) bond motifs is 1. The van der Waals surface area contributed by atoms with Gasteiger partial charge >= 0.3 is 0 Å². The summed E-state index contributed by atoms with van der Waals surface area (Å²) < 4.78 is 1.78. The number of nitrogens with one attached hydrogen (secondary N) is 1. The van der Waals surface area contributed by atoms with Crippen molar-refractivity contribution < 1.29 is 9.59 Å². The number of aromatic nitrogens is 3. The van der Waals surface area contributed by atoms with Gasteiger partial charge in [0.2, 0.25) is 11.8 Å². The number of halogens is 1. The van der Waals surface area contributed by atoms with Crippen molar-refractivity contribution in [3.63, 3.8) is 0 Å². The molecule has 0 bridgehead atoms. The fourth-order valence-electron chi connectivity index (χ4n) is 4.45. The van der Waals surface area contributed by atoms with Crippen LogP contribution < -0.4 is 10.2 Å². The average Bonchev–Trinajstić information content (AvgIpc) is 3.53. The molecule has 0 spiro atoms. The number of thiophene rings is 1. The quantitative estimate of drug-likeness (QED) is 0.321. The van der Waals surface area contributed by atoms with Gasteiger partial charge in [0, 0.05) is 34.9 Å². The second kappa shape index (κ2) is 10.9. The van der Waals surface area contributed by atoms with E-state index >= 15 is 0 Å². The van der Waals surface area contributed by atoms with Crippen molar-refractivity contribution in [2.24, 2.45) is 0 Å². The maximum atomic E-state index is 13.7. The van der Waals surface area contributed by atoms with Gasteiger partial charge in [-0.3, -0.25) is 19.5 Å². The third-order valence-electron chi connectivity index (χ3n) is 6.21. The first-order valence-electron chi connectivity index (χ1n) is 12.2. The van der Waals surface area contributed by atoms with Crippen LogP contribution in [0.2, 0.25) is 5.02 Å². The Bertz CT molecular complexity index is 1450. The average molecular weight is 566 g/mol. The number of hydrogen-bond acceptors (Lipinski definition) is 6. The molecule has 0 saturated carbocycles. The molecule has 1 aliphatic heterocycles. The first-order chi connectivity index (χ1) is 18.2. The third-order valence-corrected chi connectivity index (χ3v) is 8.40. The van der Waals surface area contributed by atoms with E-state index in [4.69, 9.17) is 16.7 Å². The van der Waals surface area contributed by atoms with Gasteiger partial charge in [-0.15, -0.1) is 11.8 Å². The zero-order chi connectivity index (χ0) is 26.9. The Morgan fingerprint density at radius 2 is 2.05 bits per heavy atom. The summed E-state index contributed by atoms with van der Waals surface area (Å²) in [5.41, 5.74) is 4.25. The number of nitrogens with zero attached hydrogens (tertiary/aromatic N) is 4. The molecule has 10 heteroatoms. The van der Waals surface area contributed by atoms with Gasteiger partial charge in [-0.05, 0) is 52.2 Å². The predicted octanol–water partition coefficient (Wildman–Crippen LogP) is 5.77. The minimum atomic E-state index is -0.315. The van der Waals surface area contributed by atoms with Crippen molar-refractivity contribution in [3.05, 3.63) is 93.0 Å². The van der Waals surface area contributed by atoms with E-state index in [1.54, 1.807) is 51.1 Å². The van der Waals surface area contributed by atoms with Crippen LogP contribution in [0.4, 0.5) is 5.82 Å². The highest BCUT2D eigenvalue weighted by Crippen LogP contribution is 2.48. The fourth-order valence-corrected chi connectivity index (χ4v) is 6.60. The van der Waals surface area contributed by atoms with Crippen molar-refractivity contribution in [2.75, 3.05) is 17.2 Å². The van der Waals surface area contributed by atoms with E-state index in [0.717, 1.165) is 28.1 Å². The molecule has 1 aliphatic rings. The van der Waals surface area contributed by atoms with Crippen molar-refractivity contribution in [2.45, 2.75) is 38.0 Å². The number of thioether (sulfide) groups is 1. The SMILES string of the molecule is CC(C)(C)c1nn(-c2cccc(Cl)c2)c2c1C(c1ccsc1)SCC(=O)N2CC(=O)NCc1cccnc1. The van der Waals surface area contributed by atoms with Gasteiger partial charge in [-0.2, -0.15) is 16.4 Å². The number of amides is 2. The lowest BCUT2D eigenvalue weighted by molar-refractivity contribution is -0.123. The Morgan fingerprint density at radius 1 is 1.21 bits per heavy atom. The molecular weight excluding hydrogens is 538 g/mol. The summed E-state index contributed by atoms with van der Waals surface area (Å²) in [6.07, 6.45) is 3.40. The number of carbonyl (C=O) groups is 2. The van der Waals surface area contributed by atoms with E-state index in [1.165, 1.54) is 0 Å². The van der Waals surface area contributed by atoms with Gasteiger partial charge in [0.25, 0.3) is 0 Å². The Hall–Kier alpha value is -3.14.